The van der Waals surface area contributed by atoms with E-state index < -0.39 is 16.7 Å². The third-order valence-electron chi connectivity index (χ3n) is 3.47. The fourth-order valence-electron chi connectivity index (χ4n) is 2.33. The maximum absolute atomic E-state index is 12.6. The molecule has 0 atom stereocenters. The van der Waals surface area contributed by atoms with Gasteiger partial charge in [0, 0.05) is 23.0 Å². The third-order valence-corrected chi connectivity index (χ3v) is 3.47. The van der Waals surface area contributed by atoms with Gasteiger partial charge in [-0.25, -0.2) is 0 Å². The van der Waals surface area contributed by atoms with Crippen LogP contribution in [-0.4, -0.2) is 9.91 Å². The van der Waals surface area contributed by atoms with Crippen molar-refractivity contribution >= 4 is 27.8 Å². The zero-order valence-corrected chi connectivity index (χ0v) is 12.0. The highest BCUT2D eigenvalue weighted by atomic mass is 19.4. The Morgan fingerprint density at radius 3 is 2.33 bits per heavy atom. The molecule has 0 unspecified atom stereocenters. The molecule has 0 bridgehead atoms. The predicted octanol–water partition coefficient (Wildman–Crippen LogP) is 4.91. The van der Waals surface area contributed by atoms with Crippen molar-refractivity contribution in [3.63, 3.8) is 0 Å². The Morgan fingerprint density at radius 1 is 1.00 bits per heavy atom. The van der Waals surface area contributed by atoms with Crippen molar-refractivity contribution in [2.45, 2.75) is 6.18 Å². The Balaban J connectivity index is 1.99. The van der Waals surface area contributed by atoms with Gasteiger partial charge in [0.25, 0.3) is 5.69 Å². The number of rotatable bonds is 3. The van der Waals surface area contributed by atoms with E-state index in [1.165, 1.54) is 18.3 Å². The first-order valence-corrected chi connectivity index (χ1v) is 6.81. The van der Waals surface area contributed by atoms with Crippen molar-refractivity contribution in [3.05, 3.63) is 70.5 Å². The molecule has 1 aromatic heterocycles. The van der Waals surface area contributed by atoms with Crippen LogP contribution in [0.2, 0.25) is 0 Å². The molecule has 5 nitrogen and oxygen atoms in total. The van der Waals surface area contributed by atoms with Gasteiger partial charge in [-0.3, -0.25) is 15.1 Å². The first-order valence-electron chi connectivity index (χ1n) is 6.81. The van der Waals surface area contributed by atoms with Crippen molar-refractivity contribution in [1.29, 1.82) is 0 Å². The summed E-state index contributed by atoms with van der Waals surface area (Å²) in [7, 11) is 0. The molecule has 8 heteroatoms. The van der Waals surface area contributed by atoms with Gasteiger partial charge in [0.15, 0.2) is 0 Å². The lowest BCUT2D eigenvalue weighted by Crippen LogP contribution is -2.04. The monoisotopic (exact) mass is 333 g/mol. The Labute approximate surface area is 133 Å². The second-order valence-corrected chi connectivity index (χ2v) is 5.02. The van der Waals surface area contributed by atoms with E-state index in [-0.39, 0.29) is 5.69 Å². The van der Waals surface area contributed by atoms with Gasteiger partial charge in [0.1, 0.15) is 6.20 Å². The molecule has 0 saturated carbocycles. The first-order chi connectivity index (χ1) is 11.4. The zero-order chi connectivity index (χ0) is 17.3. The van der Waals surface area contributed by atoms with Crippen LogP contribution in [0.15, 0.2) is 54.9 Å². The summed E-state index contributed by atoms with van der Waals surface area (Å²) in [5.41, 5.74) is 0.0670. The normalized spacial score (nSPS) is 11.5. The van der Waals surface area contributed by atoms with Crippen molar-refractivity contribution < 1.29 is 18.1 Å². The molecule has 0 saturated heterocycles. The summed E-state index contributed by atoms with van der Waals surface area (Å²) in [5, 5.41) is 14.9. The van der Waals surface area contributed by atoms with Gasteiger partial charge in [0.2, 0.25) is 0 Å². The predicted molar refractivity (Wildman–Crippen MR) is 83.1 cm³/mol. The van der Waals surface area contributed by atoms with Gasteiger partial charge in [-0.05, 0) is 36.4 Å². The summed E-state index contributed by atoms with van der Waals surface area (Å²) in [6, 6.07) is 9.42. The summed E-state index contributed by atoms with van der Waals surface area (Å²) in [5.74, 6) is 0. The number of aromatic nitrogens is 1. The minimum atomic E-state index is -4.40. The van der Waals surface area contributed by atoms with E-state index >= 15 is 0 Å². The van der Waals surface area contributed by atoms with Gasteiger partial charge in [-0.15, -0.1) is 0 Å². The molecule has 0 radical (unpaired) electrons. The fraction of sp³-hybridized carbons (Fsp3) is 0.0625. The molecule has 122 valence electrons. The van der Waals surface area contributed by atoms with Crippen LogP contribution in [0.4, 0.5) is 30.2 Å². The number of halogens is 3. The Morgan fingerprint density at radius 2 is 1.71 bits per heavy atom. The van der Waals surface area contributed by atoms with E-state index in [1.54, 1.807) is 18.2 Å². The summed E-state index contributed by atoms with van der Waals surface area (Å²) in [6.45, 7) is 0. The molecule has 0 aliphatic heterocycles. The number of nitro groups is 1. The highest BCUT2D eigenvalue weighted by molar-refractivity contribution is 5.99. The van der Waals surface area contributed by atoms with Crippen LogP contribution in [0, 0.1) is 10.1 Å². The maximum atomic E-state index is 12.6. The molecule has 2 aromatic carbocycles. The molecule has 0 aliphatic rings. The summed E-state index contributed by atoms with van der Waals surface area (Å²) < 4.78 is 37.7. The Hall–Kier alpha value is -3.16. The smallest absolute Gasteiger partial charge is 0.355 e. The Bertz CT molecular complexity index is 909. The molecular formula is C16H10F3N3O2. The highest BCUT2D eigenvalue weighted by Crippen LogP contribution is 2.33. The number of pyridine rings is 1. The van der Waals surface area contributed by atoms with Gasteiger partial charge in [-0.2, -0.15) is 13.2 Å². The lowest BCUT2D eigenvalue weighted by Gasteiger charge is -2.11. The average Bonchev–Trinajstić information content (AvgIpc) is 2.54. The summed E-state index contributed by atoms with van der Waals surface area (Å²) >= 11 is 0. The third kappa shape index (κ3) is 2.98. The average molecular weight is 333 g/mol. The quantitative estimate of drug-likeness (QED) is 0.546. The van der Waals surface area contributed by atoms with E-state index in [1.807, 2.05) is 0 Å². The van der Waals surface area contributed by atoms with Gasteiger partial charge >= 0.3 is 6.18 Å². The van der Waals surface area contributed by atoms with Crippen molar-refractivity contribution in [1.82, 2.24) is 4.98 Å². The minimum absolute atomic E-state index is 0.136. The molecule has 1 heterocycles. The molecule has 24 heavy (non-hydrogen) atoms. The van der Waals surface area contributed by atoms with E-state index in [4.69, 9.17) is 0 Å². The highest BCUT2D eigenvalue weighted by Gasteiger charge is 2.29. The molecule has 0 fully saturated rings. The van der Waals surface area contributed by atoms with Gasteiger partial charge in [0.05, 0.1) is 15.9 Å². The van der Waals surface area contributed by atoms with E-state index in [2.05, 4.69) is 10.3 Å². The van der Waals surface area contributed by atoms with Gasteiger partial charge < -0.3 is 5.32 Å². The van der Waals surface area contributed by atoms with Crippen molar-refractivity contribution in [2.24, 2.45) is 0 Å². The zero-order valence-electron chi connectivity index (χ0n) is 12.0. The molecule has 0 amide bonds. The van der Waals surface area contributed by atoms with E-state index in [0.717, 1.165) is 18.3 Å². The number of benzene rings is 2. The van der Waals surface area contributed by atoms with Crippen molar-refractivity contribution in [2.75, 3.05) is 5.32 Å². The number of fused-ring (bicyclic) bond motifs is 1. The fourth-order valence-corrected chi connectivity index (χ4v) is 2.33. The second-order valence-electron chi connectivity index (χ2n) is 5.02. The van der Waals surface area contributed by atoms with Crippen LogP contribution >= 0.6 is 0 Å². The number of nitrogens with one attached hydrogen (secondary N) is 1. The molecule has 1 N–H and O–H groups in total. The standard InChI is InChI=1S/C16H10F3N3O2/c17-16(18,19)10-4-6-11(7-5-10)21-14-3-1-2-12-13(14)8-20-9-15(12)22(23)24/h1-9,21H. The number of nitrogens with zero attached hydrogens (tertiary/aromatic N) is 2. The van der Waals surface area contributed by atoms with Crippen LogP contribution in [0.5, 0.6) is 0 Å². The van der Waals surface area contributed by atoms with Crippen LogP contribution in [0.25, 0.3) is 10.8 Å². The lowest BCUT2D eigenvalue weighted by atomic mass is 10.1. The van der Waals surface area contributed by atoms with Gasteiger partial charge in [-0.1, -0.05) is 6.07 Å². The van der Waals surface area contributed by atoms with Crippen LogP contribution in [0.1, 0.15) is 5.56 Å². The Kier molecular flexibility index (Phi) is 3.80. The minimum Gasteiger partial charge on any atom is -0.355 e. The van der Waals surface area contributed by atoms with Crippen LogP contribution in [0.3, 0.4) is 0 Å². The molecular weight excluding hydrogens is 323 g/mol. The second kappa shape index (κ2) is 5.80. The molecule has 0 spiro atoms. The van der Waals surface area contributed by atoms with E-state index in [9.17, 15) is 23.3 Å². The number of hydrogen-bond acceptors (Lipinski definition) is 4. The summed E-state index contributed by atoms with van der Waals surface area (Å²) in [4.78, 5) is 14.4. The van der Waals surface area contributed by atoms with Crippen molar-refractivity contribution in [3.8, 4) is 0 Å². The van der Waals surface area contributed by atoms with Crippen LogP contribution < -0.4 is 5.32 Å². The number of hydrogen-bond donors (Lipinski definition) is 1. The molecule has 3 aromatic rings. The topological polar surface area (TPSA) is 68.1 Å². The largest absolute Gasteiger partial charge is 0.416 e. The lowest BCUT2D eigenvalue weighted by molar-refractivity contribution is -0.383. The molecule has 0 aliphatic carbocycles. The van der Waals surface area contributed by atoms with Crippen LogP contribution in [-0.2, 0) is 6.18 Å². The van der Waals surface area contributed by atoms with E-state index in [0.29, 0.717) is 22.1 Å². The first kappa shape index (κ1) is 15.7. The SMILES string of the molecule is O=[N+]([O-])c1cncc2c(Nc3ccc(C(F)(F)F)cc3)cccc12. The maximum Gasteiger partial charge on any atom is 0.416 e. The summed E-state index contributed by atoms with van der Waals surface area (Å²) in [6.07, 6.45) is -1.78. The molecule has 3 rings (SSSR count). The number of anilines is 2. The number of alkyl halides is 3.